The van der Waals surface area contributed by atoms with Gasteiger partial charge in [-0.2, -0.15) is 4.57 Å². The summed E-state index contributed by atoms with van der Waals surface area (Å²) >= 11 is 0. The number of carbonyl (C=O) groups excluding carboxylic acids is 2. The molecule has 5 nitrogen and oxygen atoms in total. The van der Waals surface area contributed by atoms with E-state index in [-0.39, 0.29) is 18.1 Å². The molecule has 2 aromatic heterocycles. The molecular weight excluding hydrogens is 340 g/mol. The molecule has 0 saturated carbocycles. The van der Waals surface area contributed by atoms with Crippen molar-refractivity contribution in [3.05, 3.63) is 77.4 Å². The molecule has 0 aliphatic carbocycles. The Balaban J connectivity index is 1.90. The fourth-order valence-corrected chi connectivity index (χ4v) is 3.25. The molecule has 2 heterocycles. The zero-order chi connectivity index (χ0) is 19.6. The van der Waals surface area contributed by atoms with Crippen molar-refractivity contribution in [3.8, 4) is 11.4 Å². The van der Waals surface area contributed by atoms with Gasteiger partial charge in [0.1, 0.15) is 5.75 Å². The Labute approximate surface area is 158 Å². The number of hydrogen-bond acceptors (Lipinski definition) is 3. The Kier molecular flexibility index (Phi) is 5.21. The number of hydrogen-bond donors (Lipinski definition) is 0. The minimum Gasteiger partial charge on any atom is -0.497 e. The molecular formula is C22H23N2O3+. The molecule has 0 aliphatic rings. The van der Waals surface area contributed by atoms with Gasteiger partial charge < -0.3 is 9.30 Å². The first kappa shape index (κ1) is 18.6. The quantitative estimate of drug-likeness (QED) is 0.498. The van der Waals surface area contributed by atoms with Crippen LogP contribution in [0.5, 0.6) is 5.75 Å². The van der Waals surface area contributed by atoms with Crippen LogP contribution in [-0.2, 0) is 6.54 Å². The Morgan fingerprint density at radius 2 is 1.81 bits per heavy atom. The molecule has 0 unspecified atom stereocenters. The van der Waals surface area contributed by atoms with Gasteiger partial charge in [0.15, 0.2) is 18.2 Å². The van der Waals surface area contributed by atoms with Crippen LogP contribution in [0.25, 0.3) is 5.69 Å². The molecule has 0 radical (unpaired) electrons. The molecule has 0 fully saturated rings. The summed E-state index contributed by atoms with van der Waals surface area (Å²) in [5, 5.41) is 0. The second-order valence-electron chi connectivity index (χ2n) is 6.56. The summed E-state index contributed by atoms with van der Waals surface area (Å²) in [7, 11) is 1.64. The first-order valence-corrected chi connectivity index (χ1v) is 8.77. The second-order valence-corrected chi connectivity index (χ2v) is 6.56. The minimum atomic E-state index is -0.0190. The van der Waals surface area contributed by atoms with Crippen molar-refractivity contribution in [3.63, 3.8) is 0 Å². The lowest BCUT2D eigenvalue weighted by molar-refractivity contribution is -0.683. The van der Waals surface area contributed by atoms with E-state index in [0.29, 0.717) is 11.1 Å². The summed E-state index contributed by atoms with van der Waals surface area (Å²) in [6.07, 6.45) is 3.51. The van der Waals surface area contributed by atoms with Crippen LogP contribution >= 0.6 is 0 Å². The maximum atomic E-state index is 12.9. The third-order valence-corrected chi connectivity index (χ3v) is 4.65. The van der Waals surface area contributed by atoms with Crippen molar-refractivity contribution >= 4 is 11.6 Å². The average Bonchev–Trinajstić information content (AvgIpc) is 2.96. The number of benzene rings is 1. The van der Waals surface area contributed by atoms with E-state index in [1.54, 1.807) is 36.2 Å². The molecule has 27 heavy (non-hydrogen) atoms. The van der Waals surface area contributed by atoms with Crippen LogP contribution in [0, 0.1) is 13.8 Å². The predicted octanol–water partition coefficient (Wildman–Crippen LogP) is 3.48. The van der Waals surface area contributed by atoms with Crippen LogP contribution in [-0.4, -0.2) is 23.2 Å². The van der Waals surface area contributed by atoms with Crippen LogP contribution in [0.1, 0.15) is 39.0 Å². The smallest absolute Gasteiger partial charge is 0.229 e. The van der Waals surface area contributed by atoms with E-state index in [0.717, 1.165) is 22.8 Å². The number of aromatic nitrogens is 2. The van der Waals surface area contributed by atoms with Crippen LogP contribution in [0.2, 0.25) is 0 Å². The molecule has 0 aliphatic heterocycles. The van der Waals surface area contributed by atoms with E-state index in [4.69, 9.17) is 4.74 Å². The largest absolute Gasteiger partial charge is 0.497 e. The monoisotopic (exact) mass is 363 g/mol. The van der Waals surface area contributed by atoms with Gasteiger partial charge in [0, 0.05) is 28.7 Å². The molecule has 3 rings (SSSR count). The van der Waals surface area contributed by atoms with E-state index >= 15 is 0 Å². The van der Waals surface area contributed by atoms with Crippen LogP contribution in [0.15, 0.2) is 54.9 Å². The summed E-state index contributed by atoms with van der Waals surface area (Å²) in [4.78, 5) is 24.4. The number of rotatable bonds is 6. The number of Topliss-reactive ketones (excluding diaryl/α,β-unsaturated/α-hetero) is 2. The van der Waals surface area contributed by atoms with Crippen LogP contribution in [0.4, 0.5) is 0 Å². The van der Waals surface area contributed by atoms with Crippen LogP contribution < -0.4 is 9.30 Å². The van der Waals surface area contributed by atoms with Gasteiger partial charge in [0.2, 0.25) is 12.3 Å². The van der Waals surface area contributed by atoms with Crippen molar-refractivity contribution in [1.82, 2.24) is 4.57 Å². The Morgan fingerprint density at radius 3 is 2.44 bits per heavy atom. The molecule has 0 atom stereocenters. The topological polar surface area (TPSA) is 52.2 Å². The Bertz CT molecular complexity index is 1000. The highest BCUT2D eigenvalue weighted by atomic mass is 16.5. The fraction of sp³-hybridized carbons (Fsp3) is 0.227. The fourth-order valence-electron chi connectivity index (χ4n) is 3.25. The molecule has 0 N–H and O–H groups in total. The number of methoxy groups -OCH3 is 1. The summed E-state index contributed by atoms with van der Waals surface area (Å²) in [6, 6.07) is 13.2. The average molecular weight is 363 g/mol. The Hall–Kier alpha value is -3.21. The normalized spacial score (nSPS) is 10.7. The number of nitrogens with zero attached hydrogens (tertiary/aromatic N) is 2. The van der Waals surface area contributed by atoms with E-state index < -0.39 is 0 Å². The summed E-state index contributed by atoms with van der Waals surface area (Å²) < 4.78 is 9.02. The number of carbonyl (C=O) groups is 2. The van der Waals surface area contributed by atoms with E-state index in [1.807, 2.05) is 44.2 Å². The van der Waals surface area contributed by atoms with E-state index in [2.05, 4.69) is 4.57 Å². The van der Waals surface area contributed by atoms with Crippen molar-refractivity contribution in [1.29, 1.82) is 0 Å². The zero-order valence-electron chi connectivity index (χ0n) is 16.0. The Morgan fingerprint density at radius 1 is 1.11 bits per heavy atom. The first-order chi connectivity index (χ1) is 12.9. The van der Waals surface area contributed by atoms with Gasteiger partial charge in [0.25, 0.3) is 0 Å². The summed E-state index contributed by atoms with van der Waals surface area (Å²) in [5.41, 5.74) is 4.14. The lowest BCUT2D eigenvalue weighted by atomic mass is 10.1. The SMILES string of the molecule is COc1ccc(-n2c(C)cc(C(=O)C[n+]3cccc(C(C)=O)c3)c2C)cc1. The standard InChI is InChI=1S/C22H23N2O3/c1-15-12-21(16(2)24(15)19-7-9-20(27-4)10-8-19)22(26)14-23-11-5-6-18(13-23)17(3)25/h5-13H,14H2,1-4H3/q+1. The van der Waals surface area contributed by atoms with Gasteiger partial charge in [-0.1, -0.05) is 0 Å². The highest BCUT2D eigenvalue weighted by molar-refractivity contribution is 5.97. The van der Waals surface area contributed by atoms with Gasteiger partial charge in [-0.15, -0.1) is 0 Å². The van der Waals surface area contributed by atoms with Gasteiger partial charge in [-0.3, -0.25) is 9.59 Å². The molecule has 5 heteroatoms. The number of ether oxygens (including phenoxy) is 1. The second kappa shape index (κ2) is 7.58. The zero-order valence-corrected chi connectivity index (χ0v) is 16.0. The van der Waals surface area contributed by atoms with Crippen molar-refractivity contribution in [2.24, 2.45) is 0 Å². The molecule has 0 saturated heterocycles. The predicted molar refractivity (Wildman–Crippen MR) is 103 cm³/mol. The number of ketones is 2. The number of pyridine rings is 1. The molecule has 1 aromatic carbocycles. The maximum Gasteiger partial charge on any atom is 0.229 e. The summed E-state index contributed by atoms with van der Waals surface area (Å²) in [6.45, 7) is 5.64. The summed E-state index contributed by atoms with van der Waals surface area (Å²) in [5.74, 6) is 0.780. The van der Waals surface area contributed by atoms with Gasteiger partial charge in [-0.25, -0.2) is 0 Å². The van der Waals surface area contributed by atoms with E-state index in [9.17, 15) is 9.59 Å². The minimum absolute atomic E-state index is 0.00793. The molecule has 0 amide bonds. The first-order valence-electron chi connectivity index (χ1n) is 8.77. The van der Waals surface area contributed by atoms with Gasteiger partial charge >= 0.3 is 0 Å². The van der Waals surface area contributed by atoms with Crippen molar-refractivity contribution < 1.29 is 18.9 Å². The van der Waals surface area contributed by atoms with Gasteiger partial charge in [-0.05, 0) is 57.2 Å². The lowest BCUT2D eigenvalue weighted by Gasteiger charge is -2.10. The van der Waals surface area contributed by atoms with Crippen LogP contribution in [0.3, 0.4) is 0 Å². The lowest BCUT2D eigenvalue weighted by Crippen LogP contribution is -2.38. The molecule has 0 spiro atoms. The maximum absolute atomic E-state index is 12.9. The van der Waals surface area contributed by atoms with Crippen molar-refractivity contribution in [2.45, 2.75) is 27.3 Å². The number of aryl methyl sites for hydroxylation is 1. The third kappa shape index (κ3) is 3.82. The van der Waals surface area contributed by atoms with Crippen molar-refractivity contribution in [2.75, 3.05) is 7.11 Å². The third-order valence-electron chi connectivity index (χ3n) is 4.65. The molecule has 0 bridgehead atoms. The van der Waals surface area contributed by atoms with E-state index in [1.165, 1.54) is 6.92 Å². The molecule has 138 valence electrons. The highest BCUT2D eigenvalue weighted by Crippen LogP contribution is 2.23. The molecule has 3 aromatic rings. The highest BCUT2D eigenvalue weighted by Gasteiger charge is 2.20. The van der Waals surface area contributed by atoms with Gasteiger partial charge in [0.05, 0.1) is 12.7 Å².